The summed E-state index contributed by atoms with van der Waals surface area (Å²) in [7, 11) is 0. The highest BCUT2D eigenvalue weighted by Gasteiger charge is 2.29. The van der Waals surface area contributed by atoms with Crippen molar-refractivity contribution in [2.75, 3.05) is 26.2 Å². The van der Waals surface area contributed by atoms with E-state index in [1.165, 1.54) is 24.8 Å². The maximum atomic E-state index is 13.1. The standard InChI is InChI=1S/C27H33N3O2/c1-19-10-12-24-22(17-19)26(28-23-11-9-20(2)18-25(23)32-24)29-13-6-14-30(16-15-29)27(31)21-7-4-3-5-8-21/h9-12,17-18,21H,3-8,13-16H2,1-2H3. The predicted molar refractivity (Wildman–Crippen MR) is 128 cm³/mol. The van der Waals surface area contributed by atoms with Crippen molar-refractivity contribution in [1.29, 1.82) is 0 Å². The van der Waals surface area contributed by atoms with E-state index in [4.69, 9.17) is 9.73 Å². The van der Waals surface area contributed by atoms with Crippen LogP contribution in [0.15, 0.2) is 41.4 Å². The Morgan fingerprint density at radius 3 is 2.50 bits per heavy atom. The van der Waals surface area contributed by atoms with Gasteiger partial charge in [0.25, 0.3) is 0 Å². The number of aliphatic imine (C=N–C) groups is 1. The van der Waals surface area contributed by atoms with Crippen LogP contribution in [0.5, 0.6) is 11.5 Å². The van der Waals surface area contributed by atoms with Gasteiger partial charge in [0.2, 0.25) is 5.91 Å². The van der Waals surface area contributed by atoms with E-state index in [-0.39, 0.29) is 5.92 Å². The highest BCUT2D eigenvalue weighted by molar-refractivity contribution is 6.04. The molecular weight excluding hydrogens is 398 g/mol. The summed E-state index contributed by atoms with van der Waals surface area (Å²) in [6.45, 7) is 7.46. The maximum absolute atomic E-state index is 13.1. The molecule has 0 N–H and O–H groups in total. The number of carbonyl (C=O) groups is 1. The second-order valence-corrected chi connectivity index (χ2v) is 9.51. The highest BCUT2D eigenvalue weighted by Crippen LogP contribution is 2.39. The number of amidine groups is 1. The van der Waals surface area contributed by atoms with Crippen LogP contribution in [0.2, 0.25) is 0 Å². The largest absolute Gasteiger partial charge is 0.454 e. The summed E-state index contributed by atoms with van der Waals surface area (Å²) in [5.41, 5.74) is 4.23. The fourth-order valence-electron chi connectivity index (χ4n) is 5.19. The third kappa shape index (κ3) is 4.25. The molecular formula is C27H33N3O2. The summed E-state index contributed by atoms with van der Waals surface area (Å²) in [5.74, 6) is 3.21. The van der Waals surface area contributed by atoms with Crippen LogP contribution in [0.1, 0.15) is 55.2 Å². The van der Waals surface area contributed by atoms with Crippen LogP contribution in [-0.2, 0) is 4.79 Å². The van der Waals surface area contributed by atoms with Crippen LogP contribution in [0, 0.1) is 19.8 Å². The molecule has 3 aliphatic rings. The summed E-state index contributed by atoms with van der Waals surface area (Å²) in [4.78, 5) is 22.7. The van der Waals surface area contributed by atoms with E-state index in [1.54, 1.807) is 0 Å². The van der Waals surface area contributed by atoms with Gasteiger partial charge in [0.05, 0.1) is 5.56 Å². The number of rotatable bonds is 1. The lowest BCUT2D eigenvalue weighted by molar-refractivity contribution is -0.136. The first kappa shape index (κ1) is 21.0. The smallest absolute Gasteiger partial charge is 0.225 e. The molecule has 5 nitrogen and oxygen atoms in total. The molecule has 168 valence electrons. The maximum Gasteiger partial charge on any atom is 0.225 e. The first-order valence-electron chi connectivity index (χ1n) is 12.1. The minimum absolute atomic E-state index is 0.234. The quantitative estimate of drug-likeness (QED) is 0.590. The van der Waals surface area contributed by atoms with Gasteiger partial charge in [-0.3, -0.25) is 4.79 Å². The monoisotopic (exact) mass is 431 g/mol. The molecule has 2 heterocycles. The van der Waals surface area contributed by atoms with Crippen molar-refractivity contribution < 1.29 is 9.53 Å². The SMILES string of the molecule is Cc1ccc2c(c1)Oc1ccc(C)cc1C(N1CCCN(C(=O)C3CCCCC3)CC1)=N2. The van der Waals surface area contributed by atoms with Crippen molar-refractivity contribution in [3.8, 4) is 11.5 Å². The van der Waals surface area contributed by atoms with Crippen molar-refractivity contribution in [2.45, 2.75) is 52.4 Å². The zero-order chi connectivity index (χ0) is 22.1. The fraction of sp³-hybridized carbons (Fsp3) is 0.481. The van der Waals surface area contributed by atoms with Gasteiger partial charge in [-0.1, -0.05) is 37.0 Å². The van der Waals surface area contributed by atoms with Crippen molar-refractivity contribution in [1.82, 2.24) is 9.80 Å². The number of ether oxygens (including phenoxy) is 1. The Morgan fingerprint density at radius 1 is 0.875 bits per heavy atom. The molecule has 5 rings (SSSR count). The Bertz CT molecular complexity index is 1040. The second kappa shape index (κ2) is 8.97. The van der Waals surface area contributed by atoms with Gasteiger partial charge in [-0.25, -0.2) is 4.99 Å². The van der Waals surface area contributed by atoms with Crippen molar-refractivity contribution in [3.63, 3.8) is 0 Å². The van der Waals surface area contributed by atoms with Crippen LogP contribution in [0.3, 0.4) is 0 Å². The molecule has 0 bridgehead atoms. The molecule has 1 saturated carbocycles. The molecule has 2 aliphatic heterocycles. The number of hydrogen-bond donors (Lipinski definition) is 0. The van der Waals surface area contributed by atoms with E-state index in [2.05, 4.69) is 47.9 Å². The lowest BCUT2D eigenvalue weighted by atomic mass is 9.88. The molecule has 0 radical (unpaired) electrons. The third-order valence-corrected chi connectivity index (χ3v) is 7.00. The minimum atomic E-state index is 0.234. The summed E-state index contributed by atoms with van der Waals surface area (Å²) in [6.07, 6.45) is 6.75. The Labute approximate surface area is 191 Å². The van der Waals surface area contributed by atoms with Gasteiger partial charge in [0.15, 0.2) is 5.75 Å². The highest BCUT2D eigenvalue weighted by atomic mass is 16.5. The van der Waals surface area contributed by atoms with E-state index in [9.17, 15) is 4.79 Å². The van der Waals surface area contributed by atoms with Crippen molar-refractivity contribution in [2.24, 2.45) is 10.9 Å². The van der Waals surface area contributed by atoms with Crippen molar-refractivity contribution >= 4 is 17.4 Å². The Morgan fingerprint density at radius 2 is 1.66 bits per heavy atom. The normalized spacial score (nSPS) is 19.2. The van der Waals surface area contributed by atoms with Gasteiger partial charge in [0, 0.05) is 32.1 Å². The first-order chi connectivity index (χ1) is 15.6. The van der Waals surface area contributed by atoms with Crippen LogP contribution in [0.4, 0.5) is 5.69 Å². The van der Waals surface area contributed by atoms with E-state index in [1.807, 2.05) is 12.1 Å². The van der Waals surface area contributed by atoms with Gasteiger partial charge in [-0.15, -0.1) is 0 Å². The van der Waals surface area contributed by atoms with Crippen molar-refractivity contribution in [3.05, 3.63) is 53.1 Å². The molecule has 2 aromatic rings. The second-order valence-electron chi connectivity index (χ2n) is 9.51. The van der Waals surface area contributed by atoms with Gasteiger partial charge in [0.1, 0.15) is 17.3 Å². The molecule has 0 aromatic heterocycles. The topological polar surface area (TPSA) is 45.1 Å². The average Bonchev–Trinajstić information content (AvgIpc) is 3.14. The number of carbonyl (C=O) groups excluding carboxylic acids is 1. The number of aryl methyl sites for hydroxylation is 2. The number of nitrogens with zero attached hydrogens (tertiary/aromatic N) is 3. The van der Waals surface area contributed by atoms with E-state index < -0.39 is 0 Å². The molecule has 0 unspecified atom stereocenters. The summed E-state index contributed by atoms with van der Waals surface area (Å²) in [5, 5.41) is 0. The Hall–Kier alpha value is -2.82. The van der Waals surface area contributed by atoms with Gasteiger partial charge in [-0.2, -0.15) is 0 Å². The first-order valence-corrected chi connectivity index (χ1v) is 12.1. The van der Waals surface area contributed by atoms with Gasteiger partial charge in [-0.05, 0) is 62.9 Å². The molecule has 0 atom stereocenters. The van der Waals surface area contributed by atoms with Gasteiger partial charge < -0.3 is 14.5 Å². The number of fused-ring (bicyclic) bond motifs is 2. The van der Waals surface area contributed by atoms with E-state index >= 15 is 0 Å². The van der Waals surface area contributed by atoms with E-state index in [0.29, 0.717) is 5.91 Å². The molecule has 32 heavy (non-hydrogen) atoms. The van der Waals surface area contributed by atoms with Crippen LogP contribution in [0.25, 0.3) is 0 Å². The summed E-state index contributed by atoms with van der Waals surface area (Å²) >= 11 is 0. The third-order valence-electron chi connectivity index (χ3n) is 7.00. The molecule has 0 spiro atoms. The number of hydrogen-bond acceptors (Lipinski definition) is 4. The van der Waals surface area contributed by atoms with E-state index in [0.717, 1.165) is 79.6 Å². The molecule has 1 aliphatic carbocycles. The fourth-order valence-corrected chi connectivity index (χ4v) is 5.19. The van der Waals surface area contributed by atoms with Crippen LogP contribution < -0.4 is 4.74 Å². The predicted octanol–water partition coefficient (Wildman–Crippen LogP) is 5.60. The number of amides is 1. The lowest BCUT2D eigenvalue weighted by Gasteiger charge is -2.29. The minimum Gasteiger partial charge on any atom is -0.454 e. The summed E-state index contributed by atoms with van der Waals surface area (Å²) < 4.78 is 6.32. The lowest BCUT2D eigenvalue weighted by Crippen LogP contribution is -2.40. The Kier molecular flexibility index (Phi) is 5.90. The average molecular weight is 432 g/mol. The number of benzene rings is 2. The van der Waals surface area contributed by atoms with Crippen LogP contribution in [-0.4, -0.2) is 47.7 Å². The zero-order valence-corrected chi connectivity index (χ0v) is 19.3. The van der Waals surface area contributed by atoms with Crippen LogP contribution >= 0.6 is 0 Å². The van der Waals surface area contributed by atoms with Gasteiger partial charge >= 0.3 is 0 Å². The molecule has 5 heteroatoms. The summed E-state index contributed by atoms with van der Waals surface area (Å²) in [6, 6.07) is 12.5. The zero-order valence-electron chi connectivity index (χ0n) is 19.3. The Balaban J connectivity index is 1.43. The molecule has 2 fully saturated rings. The molecule has 1 amide bonds. The molecule has 1 saturated heterocycles. The molecule has 2 aromatic carbocycles.